The van der Waals surface area contributed by atoms with Gasteiger partial charge in [0.15, 0.2) is 0 Å². The zero-order valence-electron chi connectivity index (χ0n) is 8.85. The standard InChI is InChI=1S/C11H12ClN3S/c1-13-10(9-4-5-14-7-15-9)6-8-2-3-11(12)16-8/h2-5,7,10,13H,6H2,1H3. The summed E-state index contributed by atoms with van der Waals surface area (Å²) >= 11 is 7.51. The minimum atomic E-state index is 0.206. The van der Waals surface area contributed by atoms with E-state index in [0.29, 0.717) is 0 Å². The van der Waals surface area contributed by atoms with Crippen LogP contribution in [0.15, 0.2) is 30.7 Å². The molecule has 1 N–H and O–H groups in total. The van der Waals surface area contributed by atoms with E-state index in [-0.39, 0.29) is 6.04 Å². The van der Waals surface area contributed by atoms with Gasteiger partial charge in [-0.1, -0.05) is 11.6 Å². The predicted octanol–water partition coefficient (Wildman–Crippen LogP) is 2.69. The van der Waals surface area contributed by atoms with Crippen LogP contribution in [0.4, 0.5) is 0 Å². The van der Waals surface area contributed by atoms with Crippen molar-refractivity contribution in [2.75, 3.05) is 7.05 Å². The molecule has 0 aromatic carbocycles. The van der Waals surface area contributed by atoms with Crippen LogP contribution in [0.2, 0.25) is 4.34 Å². The molecule has 0 bridgehead atoms. The first kappa shape index (κ1) is 11.5. The van der Waals surface area contributed by atoms with Gasteiger partial charge >= 0.3 is 0 Å². The van der Waals surface area contributed by atoms with Gasteiger partial charge in [0.1, 0.15) is 6.33 Å². The van der Waals surface area contributed by atoms with Crippen molar-refractivity contribution in [2.45, 2.75) is 12.5 Å². The van der Waals surface area contributed by atoms with Gasteiger partial charge in [0.25, 0.3) is 0 Å². The van der Waals surface area contributed by atoms with E-state index in [1.807, 2.05) is 19.2 Å². The van der Waals surface area contributed by atoms with Gasteiger partial charge in [-0.05, 0) is 25.2 Å². The minimum absolute atomic E-state index is 0.206. The quantitative estimate of drug-likeness (QED) is 0.911. The van der Waals surface area contributed by atoms with Gasteiger partial charge in [-0.25, -0.2) is 9.97 Å². The summed E-state index contributed by atoms with van der Waals surface area (Å²) in [5, 5.41) is 3.25. The second kappa shape index (κ2) is 5.39. The summed E-state index contributed by atoms with van der Waals surface area (Å²) in [5.41, 5.74) is 1.00. The van der Waals surface area contributed by atoms with Crippen LogP contribution < -0.4 is 5.32 Å². The fourth-order valence-electron chi connectivity index (χ4n) is 1.52. The van der Waals surface area contributed by atoms with Crippen LogP contribution in [-0.4, -0.2) is 17.0 Å². The minimum Gasteiger partial charge on any atom is -0.311 e. The van der Waals surface area contributed by atoms with Gasteiger partial charge in [-0.2, -0.15) is 0 Å². The van der Waals surface area contributed by atoms with E-state index in [9.17, 15) is 0 Å². The van der Waals surface area contributed by atoms with Crippen molar-refractivity contribution in [1.29, 1.82) is 0 Å². The van der Waals surface area contributed by atoms with Crippen LogP contribution in [0.1, 0.15) is 16.6 Å². The molecule has 2 rings (SSSR count). The van der Waals surface area contributed by atoms with Crippen LogP contribution in [0.3, 0.4) is 0 Å². The molecular weight excluding hydrogens is 242 g/mol. The molecule has 16 heavy (non-hydrogen) atoms. The molecule has 0 aliphatic rings. The molecule has 5 heteroatoms. The zero-order chi connectivity index (χ0) is 11.4. The highest BCUT2D eigenvalue weighted by Crippen LogP contribution is 2.25. The second-order valence-electron chi connectivity index (χ2n) is 3.39. The van der Waals surface area contributed by atoms with E-state index >= 15 is 0 Å². The van der Waals surface area contributed by atoms with Gasteiger partial charge in [-0.3, -0.25) is 0 Å². The molecule has 2 aromatic heterocycles. The second-order valence-corrected chi connectivity index (χ2v) is 5.19. The van der Waals surface area contributed by atoms with Crippen LogP contribution in [-0.2, 0) is 6.42 Å². The monoisotopic (exact) mass is 253 g/mol. The van der Waals surface area contributed by atoms with Crippen molar-refractivity contribution >= 4 is 22.9 Å². The maximum absolute atomic E-state index is 5.91. The van der Waals surface area contributed by atoms with E-state index in [2.05, 4.69) is 21.4 Å². The van der Waals surface area contributed by atoms with E-state index in [4.69, 9.17) is 11.6 Å². The third-order valence-electron chi connectivity index (χ3n) is 2.34. The number of nitrogens with zero attached hydrogens (tertiary/aromatic N) is 2. The Morgan fingerprint density at radius 2 is 2.31 bits per heavy atom. The molecule has 0 radical (unpaired) electrons. The number of halogens is 1. The fraction of sp³-hybridized carbons (Fsp3) is 0.273. The van der Waals surface area contributed by atoms with E-state index in [1.165, 1.54) is 4.88 Å². The maximum Gasteiger partial charge on any atom is 0.115 e. The zero-order valence-corrected chi connectivity index (χ0v) is 10.4. The molecule has 0 fully saturated rings. The van der Waals surface area contributed by atoms with Crippen LogP contribution in [0, 0.1) is 0 Å². The van der Waals surface area contributed by atoms with Crippen molar-refractivity contribution < 1.29 is 0 Å². The van der Waals surface area contributed by atoms with Gasteiger partial charge in [0, 0.05) is 17.5 Å². The molecule has 0 aliphatic heterocycles. The van der Waals surface area contributed by atoms with Crippen molar-refractivity contribution in [3.8, 4) is 0 Å². The number of hydrogen-bond acceptors (Lipinski definition) is 4. The molecule has 0 saturated carbocycles. The number of thiophene rings is 1. The predicted molar refractivity (Wildman–Crippen MR) is 66.9 cm³/mol. The van der Waals surface area contributed by atoms with Crippen molar-refractivity contribution in [3.05, 3.63) is 45.6 Å². The fourth-order valence-corrected chi connectivity index (χ4v) is 2.66. The molecule has 3 nitrogen and oxygen atoms in total. The molecule has 2 aromatic rings. The number of aromatic nitrogens is 2. The molecule has 0 amide bonds. The first-order valence-electron chi connectivity index (χ1n) is 4.97. The van der Waals surface area contributed by atoms with E-state index < -0.39 is 0 Å². The summed E-state index contributed by atoms with van der Waals surface area (Å²) in [5.74, 6) is 0. The number of nitrogens with one attached hydrogen (secondary N) is 1. The molecular formula is C11H12ClN3S. The summed E-state index contributed by atoms with van der Waals surface area (Å²) in [7, 11) is 1.93. The maximum atomic E-state index is 5.91. The molecule has 1 unspecified atom stereocenters. The SMILES string of the molecule is CNC(Cc1ccc(Cl)s1)c1ccncn1. The Balaban J connectivity index is 2.12. The first-order valence-corrected chi connectivity index (χ1v) is 6.16. The lowest BCUT2D eigenvalue weighted by Crippen LogP contribution is -2.19. The lowest BCUT2D eigenvalue weighted by molar-refractivity contribution is 0.578. The van der Waals surface area contributed by atoms with Gasteiger partial charge in [-0.15, -0.1) is 11.3 Å². The number of hydrogen-bond donors (Lipinski definition) is 1. The summed E-state index contributed by atoms with van der Waals surface area (Å²) < 4.78 is 0.826. The average molecular weight is 254 g/mol. The molecule has 2 heterocycles. The lowest BCUT2D eigenvalue weighted by atomic mass is 10.1. The molecule has 84 valence electrons. The Bertz CT molecular complexity index is 444. The van der Waals surface area contributed by atoms with Crippen LogP contribution >= 0.6 is 22.9 Å². The summed E-state index contributed by atoms with van der Waals surface area (Å²) in [6.07, 6.45) is 4.22. The number of rotatable bonds is 4. The van der Waals surface area contributed by atoms with Crippen LogP contribution in [0.25, 0.3) is 0 Å². The van der Waals surface area contributed by atoms with E-state index in [1.54, 1.807) is 23.9 Å². The first-order chi connectivity index (χ1) is 7.79. The summed E-state index contributed by atoms with van der Waals surface area (Å²) in [4.78, 5) is 9.42. The highest BCUT2D eigenvalue weighted by Gasteiger charge is 2.12. The Labute approximate surface area is 104 Å². The topological polar surface area (TPSA) is 37.8 Å². The summed E-state index contributed by atoms with van der Waals surface area (Å²) in [6.45, 7) is 0. The molecule has 0 aliphatic carbocycles. The van der Waals surface area contributed by atoms with Gasteiger partial charge in [0.2, 0.25) is 0 Å². The third kappa shape index (κ3) is 2.78. The van der Waals surface area contributed by atoms with Gasteiger partial charge in [0.05, 0.1) is 16.1 Å². The van der Waals surface area contributed by atoms with Crippen molar-refractivity contribution in [3.63, 3.8) is 0 Å². The molecule has 0 saturated heterocycles. The Morgan fingerprint density at radius 1 is 1.44 bits per heavy atom. The van der Waals surface area contributed by atoms with Crippen LogP contribution in [0.5, 0.6) is 0 Å². The highest BCUT2D eigenvalue weighted by molar-refractivity contribution is 7.16. The van der Waals surface area contributed by atoms with Crippen molar-refractivity contribution in [2.24, 2.45) is 0 Å². The molecule has 0 spiro atoms. The smallest absolute Gasteiger partial charge is 0.115 e. The normalized spacial score (nSPS) is 12.6. The largest absolute Gasteiger partial charge is 0.311 e. The Morgan fingerprint density at radius 3 is 2.88 bits per heavy atom. The third-order valence-corrected chi connectivity index (χ3v) is 3.60. The molecule has 1 atom stereocenters. The Hall–Kier alpha value is -0.970. The average Bonchev–Trinajstić information content (AvgIpc) is 2.73. The Kier molecular flexibility index (Phi) is 3.88. The highest BCUT2D eigenvalue weighted by atomic mass is 35.5. The van der Waals surface area contributed by atoms with Gasteiger partial charge < -0.3 is 5.32 Å². The lowest BCUT2D eigenvalue weighted by Gasteiger charge is -2.13. The van der Waals surface area contributed by atoms with Crippen molar-refractivity contribution in [1.82, 2.24) is 15.3 Å². The number of likely N-dealkylation sites (N-methyl/N-ethyl adjacent to an activating group) is 1. The summed E-state index contributed by atoms with van der Waals surface area (Å²) in [6, 6.07) is 6.11. The van der Waals surface area contributed by atoms with E-state index in [0.717, 1.165) is 16.5 Å².